The summed E-state index contributed by atoms with van der Waals surface area (Å²) in [6, 6.07) is 20.0. The molecule has 0 saturated carbocycles. The van der Waals surface area contributed by atoms with Gasteiger partial charge < -0.3 is 19.0 Å². The lowest BCUT2D eigenvalue weighted by atomic mass is 9.87. The minimum atomic E-state index is -0.162. The number of ether oxygens (including phenoxy) is 1. The molecule has 1 N–H and O–H groups in total. The number of hydrogen-bond acceptors (Lipinski definition) is 4. The van der Waals surface area contributed by atoms with Crippen LogP contribution in [0.15, 0.2) is 71.3 Å². The Morgan fingerprint density at radius 2 is 1.80 bits per heavy atom. The quantitative estimate of drug-likeness (QED) is 0.265. The van der Waals surface area contributed by atoms with Crippen LogP contribution in [0.2, 0.25) is 0 Å². The van der Waals surface area contributed by atoms with Crippen LogP contribution in [-0.4, -0.2) is 28.6 Å². The number of aromatic nitrogens is 2. The highest BCUT2D eigenvalue weighted by Gasteiger charge is 2.14. The van der Waals surface area contributed by atoms with Gasteiger partial charge in [0.25, 0.3) is 5.91 Å². The molecule has 2 aromatic heterocycles. The van der Waals surface area contributed by atoms with Gasteiger partial charge in [0.15, 0.2) is 5.76 Å². The highest BCUT2D eigenvalue weighted by Crippen LogP contribution is 2.24. The van der Waals surface area contributed by atoms with Gasteiger partial charge in [0, 0.05) is 13.0 Å². The molecule has 0 bridgehead atoms. The Morgan fingerprint density at radius 1 is 1.00 bits per heavy atom. The number of aryl methyl sites for hydroxylation is 1. The van der Waals surface area contributed by atoms with Gasteiger partial charge in [-0.25, -0.2) is 4.98 Å². The largest absolute Gasteiger partial charge is 0.492 e. The molecule has 0 unspecified atom stereocenters. The van der Waals surface area contributed by atoms with Crippen molar-refractivity contribution in [1.29, 1.82) is 0 Å². The van der Waals surface area contributed by atoms with Crippen molar-refractivity contribution < 1.29 is 13.9 Å². The molecule has 4 rings (SSSR count). The van der Waals surface area contributed by atoms with Gasteiger partial charge in [-0.15, -0.1) is 0 Å². The number of nitrogens with one attached hydrogen (secondary N) is 1. The average molecular weight is 474 g/mol. The van der Waals surface area contributed by atoms with Crippen LogP contribution in [0.3, 0.4) is 0 Å². The third kappa shape index (κ3) is 6.53. The van der Waals surface area contributed by atoms with Gasteiger partial charge in [0.1, 0.15) is 18.2 Å². The van der Waals surface area contributed by atoms with Gasteiger partial charge >= 0.3 is 0 Å². The Balaban J connectivity index is 1.28. The van der Waals surface area contributed by atoms with Crippen LogP contribution < -0.4 is 10.1 Å². The predicted octanol–water partition coefficient (Wildman–Crippen LogP) is 6.15. The fourth-order valence-electron chi connectivity index (χ4n) is 4.15. The molecule has 0 saturated heterocycles. The van der Waals surface area contributed by atoms with E-state index in [-0.39, 0.29) is 11.3 Å². The third-order valence-corrected chi connectivity index (χ3v) is 6.15. The van der Waals surface area contributed by atoms with Crippen LogP contribution in [0.25, 0.3) is 11.0 Å². The molecular weight excluding hydrogens is 438 g/mol. The molecule has 2 heterocycles. The number of fused-ring (bicyclic) bond motifs is 1. The van der Waals surface area contributed by atoms with Crippen molar-refractivity contribution in [3.05, 3.63) is 84.1 Å². The van der Waals surface area contributed by atoms with Crippen molar-refractivity contribution in [1.82, 2.24) is 14.9 Å². The molecule has 0 spiro atoms. The van der Waals surface area contributed by atoms with Gasteiger partial charge in [-0.3, -0.25) is 4.79 Å². The number of amides is 1. The van der Waals surface area contributed by atoms with Crippen LogP contribution in [0, 0.1) is 0 Å². The molecule has 1 amide bonds. The number of imidazole rings is 1. The zero-order valence-corrected chi connectivity index (χ0v) is 20.9. The molecule has 0 aliphatic carbocycles. The maximum atomic E-state index is 11.9. The molecule has 4 aromatic rings. The summed E-state index contributed by atoms with van der Waals surface area (Å²) < 4.78 is 13.5. The number of carbonyl (C=O) groups excluding carboxylic acids is 1. The van der Waals surface area contributed by atoms with Crippen molar-refractivity contribution in [2.75, 3.05) is 13.2 Å². The van der Waals surface area contributed by atoms with E-state index >= 15 is 0 Å². The summed E-state index contributed by atoms with van der Waals surface area (Å²) in [5.41, 5.74) is 3.59. The Hall–Kier alpha value is -3.54. The van der Waals surface area contributed by atoms with E-state index in [4.69, 9.17) is 14.1 Å². The lowest BCUT2D eigenvalue weighted by Gasteiger charge is -2.19. The Labute approximate surface area is 207 Å². The number of nitrogens with zero attached hydrogens (tertiary/aromatic N) is 2. The molecule has 2 aromatic carbocycles. The minimum absolute atomic E-state index is 0.133. The predicted molar refractivity (Wildman–Crippen MR) is 139 cm³/mol. The molecule has 0 atom stereocenters. The maximum Gasteiger partial charge on any atom is 0.286 e. The van der Waals surface area contributed by atoms with Crippen molar-refractivity contribution in [3.63, 3.8) is 0 Å². The maximum absolute atomic E-state index is 11.9. The zero-order valence-electron chi connectivity index (χ0n) is 20.9. The second kappa shape index (κ2) is 11.3. The molecule has 0 fully saturated rings. The summed E-state index contributed by atoms with van der Waals surface area (Å²) >= 11 is 0. The number of unbranched alkanes of at least 4 members (excludes halogenated alkanes) is 2. The van der Waals surface area contributed by atoms with Gasteiger partial charge in [-0.1, -0.05) is 51.5 Å². The third-order valence-electron chi connectivity index (χ3n) is 6.15. The lowest BCUT2D eigenvalue weighted by molar-refractivity contribution is 0.0925. The summed E-state index contributed by atoms with van der Waals surface area (Å²) in [5, 5.41) is 2.90. The van der Waals surface area contributed by atoms with Gasteiger partial charge in [-0.2, -0.15) is 0 Å². The van der Waals surface area contributed by atoms with Crippen LogP contribution in [-0.2, 0) is 18.4 Å². The second-order valence-electron chi connectivity index (χ2n) is 9.84. The summed E-state index contributed by atoms with van der Waals surface area (Å²) in [5.74, 6) is 2.16. The van der Waals surface area contributed by atoms with E-state index in [1.54, 1.807) is 12.1 Å². The smallest absolute Gasteiger partial charge is 0.286 e. The normalized spacial score (nSPS) is 11.6. The lowest BCUT2D eigenvalue weighted by Crippen LogP contribution is -2.23. The van der Waals surface area contributed by atoms with Gasteiger partial charge in [0.05, 0.1) is 23.8 Å². The fraction of sp³-hybridized carbons (Fsp3) is 0.379. The van der Waals surface area contributed by atoms with Gasteiger partial charge in [0.2, 0.25) is 0 Å². The number of rotatable bonds is 11. The molecule has 0 aliphatic rings. The molecule has 35 heavy (non-hydrogen) atoms. The van der Waals surface area contributed by atoms with Crippen LogP contribution >= 0.6 is 0 Å². The fourth-order valence-corrected chi connectivity index (χ4v) is 4.15. The molecule has 184 valence electrons. The molecule has 0 aliphatic heterocycles. The van der Waals surface area contributed by atoms with E-state index < -0.39 is 0 Å². The SMILES string of the molecule is CC(C)(C)c1ccc(OCCn2c(CCCCCNC(=O)c3ccco3)nc3ccccc32)cc1. The van der Waals surface area contributed by atoms with Gasteiger partial charge in [-0.05, 0) is 60.2 Å². The van der Waals surface area contributed by atoms with E-state index in [1.165, 1.54) is 11.8 Å². The minimum Gasteiger partial charge on any atom is -0.492 e. The Kier molecular flexibility index (Phi) is 7.91. The monoisotopic (exact) mass is 473 g/mol. The van der Waals surface area contributed by atoms with E-state index in [0.717, 1.165) is 54.8 Å². The highest BCUT2D eigenvalue weighted by atomic mass is 16.5. The molecule has 6 nitrogen and oxygen atoms in total. The van der Waals surface area contributed by atoms with E-state index in [1.807, 2.05) is 6.07 Å². The van der Waals surface area contributed by atoms with E-state index in [9.17, 15) is 4.79 Å². The topological polar surface area (TPSA) is 69.3 Å². The Bertz CT molecular complexity index is 1220. The number of hydrogen-bond donors (Lipinski definition) is 1. The van der Waals surface area contributed by atoms with Crippen molar-refractivity contribution in [3.8, 4) is 5.75 Å². The highest BCUT2D eigenvalue weighted by molar-refractivity contribution is 5.91. The molecular formula is C29H35N3O3. The number of para-hydroxylation sites is 2. The van der Waals surface area contributed by atoms with Crippen molar-refractivity contribution in [2.45, 2.75) is 58.4 Å². The second-order valence-corrected chi connectivity index (χ2v) is 9.84. The van der Waals surface area contributed by atoms with E-state index in [0.29, 0.717) is 18.9 Å². The molecule has 0 radical (unpaired) electrons. The summed E-state index contributed by atoms with van der Waals surface area (Å²) in [7, 11) is 0. The molecule has 6 heteroatoms. The Morgan fingerprint density at radius 3 is 2.54 bits per heavy atom. The first-order valence-electron chi connectivity index (χ1n) is 12.4. The van der Waals surface area contributed by atoms with Crippen molar-refractivity contribution >= 4 is 16.9 Å². The van der Waals surface area contributed by atoms with Crippen LogP contribution in [0.4, 0.5) is 0 Å². The number of benzene rings is 2. The van der Waals surface area contributed by atoms with Crippen LogP contribution in [0.5, 0.6) is 5.75 Å². The van der Waals surface area contributed by atoms with E-state index in [2.05, 4.69) is 73.1 Å². The number of carbonyl (C=O) groups is 1. The standard InChI is InChI=1S/C29H35N3O3/c1-29(2,3)22-14-16-23(17-15-22)34-21-19-32-25-11-7-6-10-24(25)31-27(32)13-5-4-8-18-30-28(33)26-12-9-20-35-26/h6-7,9-12,14-17,20H,4-5,8,13,18-19,21H2,1-3H3,(H,30,33). The first-order chi connectivity index (χ1) is 16.9. The first kappa shape index (κ1) is 24.6. The summed E-state index contributed by atoms with van der Waals surface area (Å²) in [6.07, 6.45) is 5.34. The van der Waals surface area contributed by atoms with Crippen molar-refractivity contribution in [2.24, 2.45) is 0 Å². The summed E-state index contributed by atoms with van der Waals surface area (Å²) in [6.45, 7) is 8.61. The summed E-state index contributed by atoms with van der Waals surface area (Å²) in [4.78, 5) is 16.8. The first-order valence-corrected chi connectivity index (χ1v) is 12.4. The number of furan rings is 1. The average Bonchev–Trinajstić information content (AvgIpc) is 3.50. The van der Waals surface area contributed by atoms with Crippen LogP contribution in [0.1, 0.15) is 62.0 Å². The zero-order chi connectivity index (χ0) is 24.7.